The highest BCUT2D eigenvalue weighted by molar-refractivity contribution is 6.14. The Labute approximate surface area is 138 Å². The Morgan fingerprint density at radius 3 is 2.88 bits per heavy atom. The van der Waals surface area contributed by atoms with Crippen molar-refractivity contribution in [2.75, 3.05) is 16.8 Å². The lowest BCUT2D eigenvalue weighted by atomic mass is 9.96. The highest BCUT2D eigenvalue weighted by Gasteiger charge is 2.43. The average molecular weight is 329 g/mol. The van der Waals surface area contributed by atoms with Gasteiger partial charge in [0.1, 0.15) is 17.1 Å². The van der Waals surface area contributed by atoms with Crippen molar-refractivity contribution in [1.82, 2.24) is 4.98 Å². The van der Waals surface area contributed by atoms with Gasteiger partial charge in [-0.15, -0.1) is 0 Å². The molecule has 0 spiro atoms. The number of carbonyl (C=O) groups excluding carboxylic acids is 2. The van der Waals surface area contributed by atoms with Crippen LogP contribution < -0.4 is 15.0 Å². The molecule has 1 aliphatic heterocycles. The summed E-state index contributed by atoms with van der Waals surface area (Å²) in [6.07, 6.45) is 3.09. The van der Waals surface area contributed by atoms with Gasteiger partial charge in [-0.05, 0) is 44.2 Å². The minimum absolute atomic E-state index is 0.258. The van der Waals surface area contributed by atoms with Gasteiger partial charge >= 0.3 is 0 Å². The van der Waals surface area contributed by atoms with E-state index >= 15 is 0 Å². The number of fused-ring (bicyclic) bond motifs is 1. The maximum Gasteiger partial charge on any atom is 0.265 e. The van der Waals surface area contributed by atoms with Crippen molar-refractivity contribution in [3.05, 3.63) is 48.5 Å². The number of nitrogens with one attached hydrogen (secondary N) is 1. The second-order valence-electron chi connectivity index (χ2n) is 5.88. The lowest BCUT2D eigenvalue weighted by Crippen LogP contribution is -2.59. The van der Waals surface area contributed by atoms with E-state index in [-0.39, 0.29) is 12.3 Å². The molecule has 0 saturated carbocycles. The van der Waals surface area contributed by atoms with Gasteiger partial charge in [0, 0.05) is 6.20 Å². The fourth-order valence-corrected chi connectivity index (χ4v) is 2.57. The molecular weight excluding hydrogens is 313 g/mol. The number of hydrogen-bond acceptors (Lipinski definition) is 4. The van der Waals surface area contributed by atoms with Crippen molar-refractivity contribution in [2.45, 2.75) is 19.4 Å². The van der Waals surface area contributed by atoms with Crippen LogP contribution in [-0.4, -0.2) is 28.9 Å². The van der Waals surface area contributed by atoms with Crippen LogP contribution in [0.3, 0.4) is 0 Å². The van der Waals surface area contributed by atoms with Crippen LogP contribution in [0.15, 0.2) is 42.7 Å². The summed E-state index contributed by atoms with van der Waals surface area (Å²) in [4.78, 5) is 30.2. The van der Waals surface area contributed by atoms with E-state index in [9.17, 15) is 14.0 Å². The number of anilines is 2. The number of amides is 2. The standard InChI is InChI=1S/C17H16FN3O3/c1-17(2)16(23)20-13-8-11(18)5-6-14(13)21(17)15(22)10-24-12-4-3-7-19-9-12/h3-9H,10H2,1-2H3,(H,20,23). The number of benzene rings is 1. The summed E-state index contributed by atoms with van der Waals surface area (Å²) in [5.41, 5.74) is -0.435. The summed E-state index contributed by atoms with van der Waals surface area (Å²) in [5.74, 6) is -0.848. The number of rotatable bonds is 3. The first-order valence-electron chi connectivity index (χ1n) is 7.36. The summed E-state index contributed by atoms with van der Waals surface area (Å²) in [5, 5.41) is 2.63. The third kappa shape index (κ3) is 2.80. The predicted molar refractivity (Wildman–Crippen MR) is 86.3 cm³/mol. The molecule has 1 aliphatic rings. The molecule has 2 amide bonds. The van der Waals surface area contributed by atoms with E-state index in [4.69, 9.17) is 4.74 Å². The predicted octanol–water partition coefficient (Wildman–Crippen LogP) is 2.36. The molecule has 24 heavy (non-hydrogen) atoms. The third-order valence-corrected chi connectivity index (χ3v) is 3.81. The van der Waals surface area contributed by atoms with Crippen molar-refractivity contribution in [3.8, 4) is 5.75 Å². The van der Waals surface area contributed by atoms with Crippen LogP contribution >= 0.6 is 0 Å². The van der Waals surface area contributed by atoms with Gasteiger partial charge in [0.25, 0.3) is 5.91 Å². The fraction of sp³-hybridized carbons (Fsp3) is 0.235. The van der Waals surface area contributed by atoms with E-state index in [0.717, 1.165) is 0 Å². The molecular formula is C17H16FN3O3. The molecule has 0 fully saturated rings. The fourth-order valence-electron chi connectivity index (χ4n) is 2.57. The quantitative estimate of drug-likeness (QED) is 0.938. The molecule has 0 radical (unpaired) electrons. The highest BCUT2D eigenvalue weighted by Crippen LogP contribution is 2.37. The Hall–Kier alpha value is -2.96. The summed E-state index contributed by atoms with van der Waals surface area (Å²) in [6, 6.07) is 7.26. The lowest BCUT2D eigenvalue weighted by Gasteiger charge is -2.41. The van der Waals surface area contributed by atoms with Crippen LogP contribution in [0.4, 0.5) is 15.8 Å². The molecule has 2 heterocycles. The molecule has 0 unspecified atom stereocenters. The molecule has 124 valence electrons. The van der Waals surface area contributed by atoms with E-state index in [2.05, 4.69) is 10.3 Å². The van der Waals surface area contributed by atoms with Crippen molar-refractivity contribution in [1.29, 1.82) is 0 Å². The summed E-state index contributed by atoms with van der Waals surface area (Å²) in [7, 11) is 0. The first-order valence-corrected chi connectivity index (χ1v) is 7.36. The van der Waals surface area contributed by atoms with Crippen molar-refractivity contribution in [2.24, 2.45) is 0 Å². The average Bonchev–Trinajstić information content (AvgIpc) is 2.55. The third-order valence-electron chi connectivity index (χ3n) is 3.81. The number of hydrogen-bond donors (Lipinski definition) is 1. The highest BCUT2D eigenvalue weighted by atomic mass is 19.1. The summed E-state index contributed by atoms with van der Waals surface area (Å²) < 4.78 is 18.9. The van der Waals surface area contributed by atoms with Gasteiger partial charge < -0.3 is 10.1 Å². The molecule has 0 aliphatic carbocycles. The molecule has 2 aromatic rings. The second kappa shape index (κ2) is 5.92. The molecule has 1 N–H and O–H groups in total. The van der Waals surface area contributed by atoms with E-state index in [1.54, 1.807) is 32.2 Å². The maximum absolute atomic E-state index is 13.4. The van der Waals surface area contributed by atoms with Gasteiger partial charge in [-0.25, -0.2) is 4.39 Å². The zero-order valence-corrected chi connectivity index (χ0v) is 13.2. The number of carbonyl (C=O) groups is 2. The smallest absolute Gasteiger partial charge is 0.265 e. The van der Waals surface area contributed by atoms with Crippen molar-refractivity contribution < 1.29 is 18.7 Å². The molecule has 1 aromatic heterocycles. The number of aromatic nitrogens is 1. The molecule has 0 atom stereocenters. The number of halogens is 1. The first-order chi connectivity index (χ1) is 11.4. The van der Waals surface area contributed by atoms with E-state index in [0.29, 0.717) is 11.4 Å². The van der Waals surface area contributed by atoms with Crippen LogP contribution in [0, 0.1) is 5.82 Å². The topological polar surface area (TPSA) is 71.5 Å². The first kappa shape index (κ1) is 15.9. The van der Waals surface area contributed by atoms with Gasteiger partial charge in [0.05, 0.1) is 17.6 Å². The van der Waals surface area contributed by atoms with E-state index in [1.165, 1.54) is 29.3 Å². The van der Waals surface area contributed by atoms with E-state index in [1.807, 2.05) is 0 Å². The Bertz CT molecular complexity index is 793. The van der Waals surface area contributed by atoms with Crippen molar-refractivity contribution >= 4 is 23.2 Å². The van der Waals surface area contributed by atoms with Crippen LogP contribution in [0.25, 0.3) is 0 Å². The summed E-state index contributed by atoms with van der Waals surface area (Å²) >= 11 is 0. The molecule has 7 heteroatoms. The second-order valence-corrected chi connectivity index (χ2v) is 5.88. The van der Waals surface area contributed by atoms with Gasteiger partial charge in [0.15, 0.2) is 6.61 Å². The Morgan fingerprint density at radius 1 is 1.38 bits per heavy atom. The molecule has 0 bridgehead atoms. The molecule has 1 aromatic carbocycles. The molecule has 3 rings (SSSR count). The lowest BCUT2D eigenvalue weighted by molar-refractivity contribution is -0.127. The minimum atomic E-state index is -1.12. The van der Waals surface area contributed by atoms with Gasteiger partial charge in [0.2, 0.25) is 5.91 Å². The zero-order chi connectivity index (χ0) is 17.3. The van der Waals surface area contributed by atoms with Gasteiger partial charge in [-0.3, -0.25) is 19.5 Å². The Balaban J connectivity index is 1.89. The Kier molecular flexibility index (Phi) is 3.92. The number of pyridine rings is 1. The molecule has 6 nitrogen and oxygen atoms in total. The minimum Gasteiger partial charge on any atom is -0.482 e. The molecule has 0 saturated heterocycles. The summed E-state index contributed by atoms with van der Waals surface area (Å²) in [6.45, 7) is 2.98. The van der Waals surface area contributed by atoms with Crippen LogP contribution in [0.1, 0.15) is 13.8 Å². The zero-order valence-electron chi connectivity index (χ0n) is 13.2. The monoisotopic (exact) mass is 329 g/mol. The number of nitrogens with zero attached hydrogens (tertiary/aromatic N) is 2. The van der Waals surface area contributed by atoms with E-state index < -0.39 is 23.2 Å². The van der Waals surface area contributed by atoms with Crippen LogP contribution in [-0.2, 0) is 9.59 Å². The maximum atomic E-state index is 13.4. The Morgan fingerprint density at radius 2 is 2.17 bits per heavy atom. The van der Waals surface area contributed by atoms with Gasteiger partial charge in [-0.2, -0.15) is 0 Å². The van der Waals surface area contributed by atoms with Crippen molar-refractivity contribution in [3.63, 3.8) is 0 Å². The van der Waals surface area contributed by atoms with Gasteiger partial charge in [-0.1, -0.05) is 0 Å². The largest absolute Gasteiger partial charge is 0.482 e. The SMILES string of the molecule is CC1(C)C(=O)Nc2cc(F)ccc2N1C(=O)COc1cccnc1. The normalized spacial score (nSPS) is 15.5. The van der Waals surface area contributed by atoms with Crippen LogP contribution in [0.2, 0.25) is 0 Å². The van der Waals surface area contributed by atoms with Crippen LogP contribution in [0.5, 0.6) is 5.75 Å². The number of ether oxygens (including phenoxy) is 1.